The van der Waals surface area contributed by atoms with Crippen molar-refractivity contribution in [1.29, 1.82) is 0 Å². The van der Waals surface area contributed by atoms with Gasteiger partial charge in [0.25, 0.3) is 5.91 Å². The molecule has 0 saturated heterocycles. The van der Waals surface area contributed by atoms with E-state index in [-0.39, 0.29) is 36.7 Å². The SMILES string of the molecule is CCO[C@@H]1OC(C(=O)NCc2nc3ccccc3[nH]2)=C[C@H](c2ccccc2)[C@H]1CCOCCOCCO. The molecular formula is C28H35N3O6. The predicted octanol–water partition coefficient (Wildman–Crippen LogP) is 3.27. The highest BCUT2D eigenvalue weighted by molar-refractivity contribution is 5.91. The van der Waals surface area contributed by atoms with Gasteiger partial charge >= 0.3 is 0 Å². The van der Waals surface area contributed by atoms with Crippen LogP contribution < -0.4 is 5.32 Å². The number of carbonyl (C=O) groups is 1. The smallest absolute Gasteiger partial charge is 0.286 e. The van der Waals surface area contributed by atoms with Crippen LogP contribution in [0.1, 0.15) is 30.7 Å². The predicted molar refractivity (Wildman–Crippen MR) is 139 cm³/mol. The van der Waals surface area contributed by atoms with Gasteiger partial charge in [0.1, 0.15) is 5.82 Å². The summed E-state index contributed by atoms with van der Waals surface area (Å²) in [5, 5.41) is 11.7. The van der Waals surface area contributed by atoms with Gasteiger partial charge < -0.3 is 34.4 Å². The summed E-state index contributed by atoms with van der Waals surface area (Å²) in [6.07, 6.45) is 1.96. The van der Waals surface area contributed by atoms with Crippen molar-refractivity contribution in [2.45, 2.75) is 32.1 Å². The van der Waals surface area contributed by atoms with Crippen molar-refractivity contribution in [3.8, 4) is 0 Å². The lowest BCUT2D eigenvalue weighted by molar-refractivity contribution is -0.168. The van der Waals surface area contributed by atoms with Gasteiger partial charge in [-0.1, -0.05) is 42.5 Å². The number of carbonyl (C=O) groups excluding carboxylic acids is 1. The number of allylic oxidation sites excluding steroid dienone is 1. The Hall–Kier alpha value is -3.24. The Morgan fingerprint density at radius 1 is 1.05 bits per heavy atom. The fourth-order valence-electron chi connectivity index (χ4n) is 4.44. The minimum Gasteiger partial charge on any atom is -0.459 e. The maximum atomic E-state index is 13.1. The van der Waals surface area contributed by atoms with Gasteiger partial charge in [-0.15, -0.1) is 0 Å². The van der Waals surface area contributed by atoms with Crippen molar-refractivity contribution in [3.63, 3.8) is 0 Å². The van der Waals surface area contributed by atoms with Crippen molar-refractivity contribution >= 4 is 16.9 Å². The molecule has 0 saturated carbocycles. The van der Waals surface area contributed by atoms with Crippen LogP contribution in [0.25, 0.3) is 11.0 Å². The summed E-state index contributed by atoms with van der Waals surface area (Å²) < 4.78 is 23.1. The van der Waals surface area contributed by atoms with Crippen LogP contribution >= 0.6 is 0 Å². The number of nitrogens with one attached hydrogen (secondary N) is 2. The molecule has 0 spiro atoms. The fraction of sp³-hybridized carbons (Fsp3) is 0.429. The second-order valence-corrected chi connectivity index (χ2v) is 8.69. The maximum Gasteiger partial charge on any atom is 0.286 e. The van der Waals surface area contributed by atoms with Crippen LogP contribution in [0.3, 0.4) is 0 Å². The van der Waals surface area contributed by atoms with Crippen LogP contribution in [0.5, 0.6) is 0 Å². The summed E-state index contributed by atoms with van der Waals surface area (Å²) in [7, 11) is 0. The van der Waals surface area contributed by atoms with E-state index in [1.807, 2.05) is 55.5 Å². The Morgan fingerprint density at radius 3 is 2.57 bits per heavy atom. The minimum atomic E-state index is -0.596. The Labute approximate surface area is 216 Å². The molecule has 1 amide bonds. The monoisotopic (exact) mass is 509 g/mol. The number of aromatic amines is 1. The van der Waals surface area contributed by atoms with Gasteiger partial charge in [-0.25, -0.2) is 4.98 Å². The standard InChI is InChI=1S/C28H35N3O6/c1-2-36-28-21(12-14-34-16-17-35-15-13-32)22(20-8-4-3-5-9-20)18-25(37-28)27(33)29-19-26-30-23-10-6-7-11-24(23)31-26/h3-11,18,21-22,28,32H,2,12-17,19H2,1H3,(H,29,33)(H,30,31)/t21-,22-,28-/m1/s1. The van der Waals surface area contributed by atoms with Crippen LogP contribution in [-0.4, -0.2) is 66.9 Å². The average molecular weight is 510 g/mol. The lowest BCUT2D eigenvalue weighted by Crippen LogP contribution is -2.39. The van der Waals surface area contributed by atoms with Crippen molar-refractivity contribution in [2.24, 2.45) is 5.92 Å². The number of benzene rings is 2. The fourth-order valence-corrected chi connectivity index (χ4v) is 4.44. The molecule has 3 aromatic rings. The molecule has 0 fully saturated rings. The van der Waals surface area contributed by atoms with E-state index in [0.717, 1.165) is 16.6 Å². The quantitative estimate of drug-likeness (QED) is 0.286. The second-order valence-electron chi connectivity index (χ2n) is 8.69. The zero-order chi connectivity index (χ0) is 25.9. The molecule has 1 aliphatic rings. The third kappa shape index (κ3) is 7.39. The number of H-pyrrole nitrogens is 1. The van der Waals surface area contributed by atoms with E-state index in [0.29, 0.717) is 45.3 Å². The number of imidazole rings is 1. The number of aliphatic hydroxyl groups is 1. The summed E-state index contributed by atoms with van der Waals surface area (Å²) in [4.78, 5) is 20.9. The molecule has 1 aliphatic heterocycles. The van der Waals surface area contributed by atoms with E-state index in [9.17, 15) is 4.79 Å². The Kier molecular flexibility index (Phi) is 10.1. The van der Waals surface area contributed by atoms with Gasteiger partial charge in [0.2, 0.25) is 6.29 Å². The number of hydrogen-bond acceptors (Lipinski definition) is 7. The first kappa shape index (κ1) is 26.8. The van der Waals surface area contributed by atoms with Gasteiger partial charge in [0.15, 0.2) is 5.76 Å². The number of para-hydroxylation sites is 2. The van der Waals surface area contributed by atoms with Gasteiger partial charge in [-0.2, -0.15) is 0 Å². The molecule has 198 valence electrons. The number of aliphatic hydroxyl groups excluding tert-OH is 1. The second kappa shape index (κ2) is 13.9. The van der Waals surface area contributed by atoms with Crippen LogP contribution in [0.4, 0.5) is 0 Å². The highest BCUT2D eigenvalue weighted by Gasteiger charge is 2.38. The van der Waals surface area contributed by atoms with E-state index in [1.54, 1.807) is 0 Å². The number of fused-ring (bicyclic) bond motifs is 1. The molecule has 3 N–H and O–H groups in total. The molecule has 0 radical (unpaired) electrons. The number of hydrogen-bond donors (Lipinski definition) is 3. The van der Waals surface area contributed by atoms with Gasteiger partial charge in [0, 0.05) is 25.0 Å². The molecule has 0 aliphatic carbocycles. The van der Waals surface area contributed by atoms with E-state index >= 15 is 0 Å². The summed E-state index contributed by atoms with van der Waals surface area (Å²) in [6.45, 7) is 4.26. The number of amides is 1. The van der Waals surface area contributed by atoms with Crippen molar-refractivity contribution < 1.29 is 28.8 Å². The molecule has 3 atom stereocenters. The highest BCUT2D eigenvalue weighted by Crippen LogP contribution is 2.38. The Balaban J connectivity index is 1.45. The first-order valence-electron chi connectivity index (χ1n) is 12.7. The number of aromatic nitrogens is 2. The Bertz CT molecular complexity index is 1120. The first-order valence-corrected chi connectivity index (χ1v) is 12.7. The highest BCUT2D eigenvalue weighted by atomic mass is 16.7. The molecule has 37 heavy (non-hydrogen) atoms. The Morgan fingerprint density at radius 2 is 1.81 bits per heavy atom. The third-order valence-electron chi connectivity index (χ3n) is 6.18. The zero-order valence-electron chi connectivity index (χ0n) is 21.1. The molecule has 4 rings (SSSR count). The van der Waals surface area contributed by atoms with Crippen molar-refractivity contribution in [1.82, 2.24) is 15.3 Å². The number of nitrogens with zero attached hydrogens (tertiary/aromatic N) is 1. The molecular weight excluding hydrogens is 474 g/mol. The normalized spacial score (nSPS) is 19.4. The lowest BCUT2D eigenvalue weighted by Gasteiger charge is -2.37. The van der Waals surface area contributed by atoms with Crippen LogP contribution in [-0.2, 0) is 30.3 Å². The van der Waals surface area contributed by atoms with Gasteiger partial charge in [0.05, 0.1) is 44.0 Å². The average Bonchev–Trinajstić information content (AvgIpc) is 3.35. The largest absolute Gasteiger partial charge is 0.459 e. The molecule has 0 bridgehead atoms. The molecule has 2 aromatic carbocycles. The minimum absolute atomic E-state index is 0.00523. The van der Waals surface area contributed by atoms with E-state index in [1.165, 1.54) is 0 Å². The van der Waals surface area contributed by atoms with Crippen LogP contribution in [0, 0.1) is 5.92 Å². The van der Waals surface area contributed by atoms with E-state index < -0.39 is 6.29 Å². The lowest BCUT2D eigenvalue weighted by atomic mass is 9.81. The van der Waals surface area contributed by atoms with Crippen molar-refractivity contribution in [3.05, 3.63) is 77.8 Å². The first-order chi connectivity index (χ1) is 18.2. The number of ether oxygens (including phenoxy) is 4. The van der Waals surface area contributed by atoms with Gasteiger partial charge in [-0.05, 0) is 37.1 Å². The summed E-state index contributed by atoms with van der Waals surface area (Å²) in [6, 6.07) is 17.8. The number of rotatable bonds is 14. The summed E-state index contributed by atoms with van der Waals surface area (Å²) in [5.74, 6) is 0.449. The van der Waals surface area contributed by atoms with Crippen molar-refractivity contribution in [2.75, 3.05) is 39.6 Å². The molecule has 0 unspecified atom stereocenters. The summed E-state index contributed by atoms with van der Waals surface area (Å²) in [5.41, 5.74) is 2.85. The third-order valence-corrected chi connectivity index (χ3v) is 6.18. The topological polar surface area (TPSA) is 115 Å². The molecule has 2 heterocycles. The molecule has 9 heteroatoms. The van der Waals surface area contributed by atoms with Gasteiger partial charge in [-0.3, -0.25) is 4.79 Å². The van der Waals surface area contributed by atoms with E-state index in [4.69, 9.17) is 24.1 Å². The van der Waals surface area contributed by atoms with Crippen LogP contribution in [0.2, 0.25) is 0 Å². The molecule has 1 aromatic heterocycles. The van der Waals surface area contributed by atoms with E-state index in [2.05, 4.69) is 27.4 Å². The molecule has 9 nitrogen and oxygen atoms in total. The zero-order valence-corrected chi connectivity index (χ0v) is 21.1. The summed E-state index contributed by atoms with van der Waals surface area (Å²) >= 11 is 0. The maximum absolute atomic E-state index is 13.1. The van der Waals surface area contributed by atoms with Crippen LogP contribution in [0.15, 0.2) is 66.4 Å².